The summed E-state index contributed by atoms with van der Waals surface area (Å²) < 4.78 is 1.50. The van der Waals surface area contributed by atoms with Crippen molar-refractivity contribution < 1.29 is 4.79 Å². The van der Waals surface area contributed by atoms with Crippen LogP contribution in [0.1, 0.15) is 5.56 Å². The Morgan fingerprint density at radius 2 is 2.10 bits per heavy atom. The summed E-state index contributed by atoms with van der Waals surface area (Å²) in [5, 5.41) is 4.95. The number of hydrogen-bond acceptors (Lipinski definition) is 3. The highest BCUT2D eigenvalue weighted by atomic mass is 35.5. The molecule has 0 spiro atoms. The molecule has 106 valence electrons. The van der Waals surface area contributed by atoms with Gasteiger partial charge < -0.3 is 10.6 Å². The normalized spacial score (nSPS) is 10.6. The van der Waals surface area contributed by atoms with Crippen molar-refractivity contribution in [2.75, 3.05) is 12.8 Å². The number of nitrogens with zero attached hydrogens (tertiary/aromatic N) is 3. The molecule has 7 heteroatoms. The number of amides is 1. The fraction of sp³-hybridized carbons (Fsp3) is 0.231. The van der Waals surface area contributed by atoms with Gasteiger partial charge in [0.2, 0.25) is 5.91 Å². The highest BCUT2D eigenvalue weighted by molar-refractivity contribution is 6.42. The maximum absolute atomic E-state index is 12.0. The molecule has 0 unspecified atom stereocenters. The lowest BCUT2D eigenvalue weighted by Gasteiger charge is -2.17. The summed E-state index contributed by atoms with van der Waals surface area (Å²) in [4.78, 5) is 13.6. The molecule has 0 fully saturated rings. The molecule has 0 saturated carbocycles. The van der Waals surface area contributed by atoms with Crippen molar-refractivity contribution in [2.45, 2.75) is 13.1 Å². The maximum Gasteiger partial charge on any atom is 0.244 e. The van der Waals surface area contributed by atoms with Gasteiger partial charge in [-0.25, -0.2) is 0 Å². The van der Waals surface area contributed by atoms with E-state index in [-0.39, 0.29) is 12.5 Å². The SMILES string of the molecule is CN(Cc1ccc(Cl)c(Cl)c1)C(=O)Cn1ccc(N)n1. The van der Waals surface area contributed by atoms with Crippen molar-refractivity contribution >= 4 is 34.9 Å². The number of carbonyl (C=O) groups is 1. The number of carbonyl (C=O) groups excluding carboxylic acids is 1. The first-order chi connectivity index (χ1) is 9.45. The van der Waals surface area contributed by atoms with E-state index in [9.17, 15) is 4.79 Å². The highest BCUT2D eigenvalue weighted by Gasteiger charge is 2.11. The van der Waals surface area contributed by atoms with Gasteiger partial charge in [-0.15, -0.1) is 0 Å². The Balaban J connectivity index is 1.98. The number of benzene rings is 1. The number of hydrogen-bond donors (Lipinski definition) is 1. The van der Waals surface area contributed by atoms with Crippen LogP contribution in [0.15, 0.2) is 30.5 Å². The monoisotopic (exact) mass is 312 g/mol. The van der Waals surface area contributed by atoms with Gasteiger partial charge >= 0.3 is 0 Å². The Morgan fingerprint density at radius 1 is 1.35 bits per heavy atom. The van der Waals surface area contributed by atoms with Gasteiger partial charge in [0.15, 0.2) is 0 Å². The fourth-order valence-corrected chi connectivity index (χ4v) is 2.05. The minimum atomic E-state index is -0.0702. The summed E-state index contributed by atoms with van der Waals surface area (Å²) >= 11 is 11.8. The lowest BCUT2D eigenvalue weighted by Crippen LogP contribution is -2.30. The number of halogens is 2. The molecule has 0 aliphatic heterocycles. The van der Waals surface area contributed by atoms with Gasteiger partial charge in [-0.05, 0) is 23.8 Å². The highest BCUT2D eigenvalue weighted by Crippen LogP contribution is 2.23. The first-order valence-corrected chi connectivity index (χ1v) is 6.68. The van der Waals surface area contributed by atoms with E-state index < -0.39 is 0 Å². The molecule has 0 saturated heterocycles. The minimum Gasteiger partial charge on any atom is -0.382 e. The van der Waals surface area contributed by atoms with Crippen LogP contribution in [0, 0.1) is 0 Å². The van der Waals surface area contributed by atoms with Gasteiger partial charge in [-0.1, -0.05) is 29.3 Å². The van der Waals surface area contributed by atoms with E-state index in [2.05, 4.69) is 5.10 Å². The van der Waals surface area contributed by atoms with Crippen molar-refractivity contribution in [3.05, 3.63) is 46.1 Å². The van der Waals surface area contributed by atoms with Crippen LogP contribution in [0.5, 0.6) is 0 Å². The van der Waals surface area contributed by atoms with Gasteiger partial charge in [0.1, 0.15) is 12.4 Å². The predicted molar refractivity (Wildman–Crippen MR) is 79.6 cm³/mol. The number of anilines is 1. The molecule has 2 aromatic rings. The van der Waals surface area contributed by atoms with E-state index >= 15 is 0 Å². The van der Waals surface area contributed by atoms with E-state index in [1.165, 1.54) is 4.68 Å². The van der Waals surface area contributed by atoms with Gasteiger partial charge in [0.25, 0.3) is 0 Å². The second-order valence-corrected chi connectivity index (χ2v) is 5.25. The summed E-state index contributed by atoms with van der Waals surface area (Å²) in [5.41, 5.74) is 6.41. The number of nitrogens with two attached hydrogens (primary N) is 1. The van der Waals surface area contributed by atoms with Crippen LogP contribution >= 0.6 is 23.2 Å². The van der Waals surface area contributed by atoms with Crippen LogP contribution in [-0.2, 0) is 17.9 Å². The summed E-state index contributed by atoms with van der Waals surface area (Å²) in [6, 6.07) is 6.95. The molecule has 2 rings (SSSR count). The molecule has 0 aliphatic rings. The molecule has 0 bridgehead atoms. The summed E-state index contributed by atoms with van der Waals surface area (Å²) in [7, 11) is 1.72. The second-order valence-electron chi connectivity index (χ2n) is 4.44. The number of aromatic nitrogens is 2. The lowest BCUT2D eigenvalue weighted by molar-refractivity contribution is -0.131. The first kappa shape index (κ1) is 14.7. The van der Waals surface area contributed by atoms with Crippen LogP contribution < -0.4 is 5.73 Å². The third kappa shape index (κ3) is 3.65. The van der Waals surface area contributed by atoms with Crippen molar-refractivity contribution in [1.29, 1.82) is 0 Å². The van der Waals surface area contributed by atoms with E-state index in [0.29, 0.717) is 22.4 Å². The van der Waals surface area contributed by atoms with Crippen LogP contribution in [0.25, 0.3) is 0 Å². The third-order valence-corrected chi connectivity index (χ3v) is 3.53. The quantitative estimate of drug-likeness (QED) is 0.943. The Morgan fingerprint density at radius 3 is 2.70 bits per heavy atom. The molecular weight excluding hydrogens is 299 g/mol. The summed E-state index contributed by atoms with van der Waals surface area (Å²) in [6.45, 7) is 0.599. The molecule has 2 N–H and O–H groups in total. The predicted octanol–water partition coefficient (Wildman–Crippen LogP) is 2.43. The minimum absolute atomic E-state index is 0.0702. The van der Waals surface area contributed by atoms with Gasteiger partial charge in [-0.2, -0.15) is 5.10 Å². The first-order valence-electron chi connectivity index (χ1n) is 5.92. The topological polar surface area (TPSA) is 64.2 Å². The largest absolute Gasteiger partial charge is 0.382 e. The Kier molecular flexibility index (Phi) is 4.52. The fourth-order valence-electron chi connectivity index (χ4n) is 1.72. The van der Waals surface area contributed by atoms with E-state index in [1.54, 1.807) is 36.3 Å². The Labute approximate surface area is 126 Å². The smallest absolute Gasteiger partial charge is 0.244 e. The standard InChI is InChI=1S/C13H14Cl2N4O/c1-18(7-9-2-3-10(14)11(15)6-9)13(20)8-19-5-4-12(16)17-19/h2-6H,7-8H2,1H3,(H2,16,17). The van der Waals surface area contributed by atoms with Crippen LogP contribution in [0.3, 0.4) is 0 Å². The van der Waals surface area contributed by atoms with E-state index in [4.69, 9.17) is 28.9 Å². The third-order valence-electron chi connectivity index (χ3n) is 2.79. The Hall–Kier alpha value is -1.72. The average molecular weight is 313 g/mol. The van der Waals surface area contributed by atoms with Crippen molar-refractivity contribution in [2.24, 2.45) is 0 Å². The van der Waals surface area contributed by atoms with Crippen LogP contribution in [0.2, 0.25) is 10.0 Å². The molecule has 0 radical (unpaired) electrons. The number of rotatable bonds is 4. The van der Waals surface area contributed by atoms with Crippen molar-refractivity contribution in [1.82, 2.24) is 14.7 Å². The zero-order chi connectivity index (χ0) is 14.7. The van der Waals surface area contributed by atoms with Crippen LogP contribution in [0.4, 0.5) is 5.82 Å². The maximum atomic E-state index is 12.0. The molecule has 0 atom stereocenters. The molecular formula is C13H14Cl2N4O. The zero-order valence-electron chi connectivity index (χ0n) is 10.9. The Bertz CT molecular complexity index is 627. The molecule has 5 nitrogen and oxygen atoms in total. The molecule has 1 aromatic heterocycles. The second kappa shape index (κ2) is 6.15. The van der Waals surface area contributed by atoms with Gasteiger partial charge in [0.05, 0.1) is 10.0 Å². The van der Waals surface area contributed by atoms with E-state index in [1.807, 2.05) is 6.07 Å². The van der Waals surface area contributed by atoms with Crippen molar-refractivity contribution in [3.63, 3.8) is 0 Å². The van der Waals surface area contributed by atoms with Crippen LogP contribution in [-0.4, -0.2) is 27.6 Å². The molecule has 0 aliphatic carbocycles. The van der Waals surface area contributed by atoms with Gasteiger partial charge in [0, 0.05) is 19.8 Å². The molecule has 20 heavy (non-hydrogen) atoms. The molecule has 1 amide bonds. The van der Waals surface area contributed by atoms with Crippen molar-refractivity contribution in [3.8, 4) is 0 Å². The molecule has 1 heterocycles. The van der Waals surface area contributed by atoms with E-state index in [0.717, 1.165) is 5.56 Å². The lowest BCUT2D eigenvalue weighted by atomic mass is 10.2. The number of likely N-dealkylation sites (N-methyl/N-ethyl adjacent to an activating group) is 1. The average Bonchev–Trinajstić information content (AvgIpc) is 2.79. The molecule has 1 aromatic carbocycles. The summed E-state index contributed by atoms with van der Waals surface area (Å²) in [6.07, 6.45) is 1.67. The zero-order valence-corrected chi connectivity index (χ0v) is 12.4. The summed E-state index contributed by atoms with van der Waals surface area (Å²) in [5.74, 6) is 0.323. The number of nitrogen functional groups attached to an aromatic ring is 1. The van der Waals surface area contributed by atoms with Gasteiger partial charge in [-0.3, -0.25) is 9.48 Å².